The standard InChI is InChI=1S/C19H23N3O4/c1-14-17(8-5-9-18(14)22(24)25)19(23)20-13-15-6-4-7-16(12-15)26-11-10-21(2)3/h4-9,12H,10-11,13H2,1-3H3,(H,20,23). The molecule has 0 fully saturated rings. The minimum atomic E-state index is -0.485. The molecule has 1 amide bonds. The van der Waals surface area contributed by atoms with Crippen LogP contribution in [0.5, 0.6) is 5.75 Å². The second-order valence-corrected chi connectivity index (χ2v) is 6.19. The predicted molar refractivity (Wildman–Crippen MR) is 99.5 cm³/mol. The summed E-state index contributed by atoms with van der Waals surface area (Å²) in [5.41, 5.74) is 1.49. The van der Waals surface area contributed by atoms with Crippen molar-refractivity contribution < 1.29 is 14.5 Å². The van der Waals surface area contributed by atoms with E-state index in [0.717, 1.165) is 17.9 Å². The topological polar surface area (TPSA) is 84.7 Å². The van der Waals surface area contributed by atoms with Gasteiger partial charge in [-0.1, -0.05) is 18.2 Å². The molecule has 1 N–H and O–H groups in total. The quantitative estimate of drug-likeness (QED) is 0.580. The molecule has 2 aromatic carbocycles. The first-order chi connectivity index (χ1) is 12.4. The Hall–Kier alpha value is -2.93. The van der Waals surface area contributed by atoms with E-state index >= 15 is 0 Å². The molecule has 7 heteroatoms. The second kappa shape index (κ2) is 8.96. The van der Waals surface area contributed by atoms with Crippen LogP contribution in [-0.2, 0) is 6.54 Å². The lowest BCUT2D eigenvalue weighted by Gasteiger charge is -2.12. The predicted octanol–water partition coefficient (Wildman–Crippen LogP) is 2.77. The molecule has 0 aliphatic heterocycles. The molecule has 0 unspecified atom stereocenters. The molecule has 0 saturated carbocycles. The van der Waals surface area contributed by atoms with Crippen LogP contribution in [0.15, 0.2) is 42.5 Å². The number of amides is 1. The number of ether oxygens (including phenoxy) is 1. The number of likely N-dealkylation sites (N-methyl/N-ethyl adjacent to an activating group) is 1. The van der Waals surface area contributed by atoms with Gasteiger partial charge in [0.15, 0.2) is 0 Å². The molecule has 0 aliphatic rings. The lowest BCUT2D eigenvalue weighted by atomic mass is 10.1. The van der Waals surface area contributed by atoms with Gasteiger partial charge in [0.25, 0.3) is 11.6 Å². The van der Waals surface area contributed by atoms with Gasteiger partial charge in [0.1, 0.15) is 12.4 Å². The van der Waals surface area contributed by atoms with Crippen molar-refractivity contribution in [3.8, 4) is 5.75 Å². The van der Waals surface area contributed by atoms with Crippen molar-refractivity contribution in [3.63, 3.8) is 0 Å². The number of nitrogens with one attached hydrogen (secondary N) is 1. The zero-order chi connectivity index (χ0) is 19.1. The normalized spacial score (nSPS) is 10.6. The van der Waals surface area contributed by atoms with Crippen LogP contribution in [0.25, 0.3) is 0 Å². The minimum Gasteiger partial charge on any atom is -0.492 e. The van der Waals surface area contributed by atoms with E-state index in [0.29, 0.717) is 24.3 Å². The van der Waals surface area contributed by atoms with Gasteiger partial charge >= 0.3 is 0 Å². The van der Waals surface area contributed by atoms with Crippen LogP contribution in [0, 0.1) is 17.0 Å². The third-order valence-corrected chi connectivity index (χ3v) is 3.91. The van der Waals surface area contributed by atoms with Crippen LogP contribution in [0.3, 0.4) is 0 Å². The van der Waals surface area contributed by atoms with Crippen molar-refractivity contribution in [1.82, 2.24) is 10.2 Å². The van der Waals surface area contributed by atoms with Crippen LogP contribution in [0.4, 0.5) is 5.69 Å². The highest BCUT2D eigenvalue weighted by Crippen LogP contribution is 2.21. The van der Waals surface area contributed by atoms with E-state index in [9.17, 15) is 14.9 Å². The number of carbonyl (C=O) groups excluding carboxylic acids is 1. The van der Waals surface area contributed by atoms with Crippen molar-refractivity contribution in [2.45, 2.75) is 13.5 Å². The van der Waals surface area contributed by atoms with E-state index in [1.165, 1.54) is 12.1 Å². The zero-order valence-corrected chi connectivity index (χ0v) is 15.2. The molecule has 7 nitrogen and oxygen atoms in total. The summed E-state index contributed by atoms with van der Waals surface area (Å²) < 4.78 is 5.68. The summed E-state index contributed by atoms with van der Waals surface area (Å²) in [5, 5.41) is 13.8. The van der Waals surface area contributed by atoms with Crippen LogP contribution >= 0.6 is 0 Å². The maximum atomic E-state index is 12.4. The molecule has 0 saturated heterocycles. The molecule has 138 valence electrons. The number of rotatable bonds is 8. The zero-order valence-electron chi connectivity index (χ0n) is 15.2. The summed E-state index contributed by atoms with van der Waals surface area (Å²) in [6.07, 6.45) is 0. The molecule has 0 aliphatic carbocycles. The third kappa shape index (κ3) is 5.29. The molecular formula is C19H23N3O4. The molecule has 0 spiro atoms. The van der Waals surface area contributed by atoms with Crippen molar-refractivity contribution in [3.05, 3.63) is 69.3 Å². The van der Waals surface area contributed by atoms with Gasteiger partial charge in [-0.15, -0.1) is 0 Å². The SMILES string of the molecule is Cc1c(C(=O)NCc2cccc(OCCN(C)C)c2)cccc1[N+](=O)[O-]. The summed E-state index contributed by atoms with van der Waals surface area (Å²) in [7, 11) is 3.95. The Morgan fingerprint density at radius 2 is 1.96 bits per heavy atom. The smallest absolute Gasteiger partial charge is 0.273 e. The molecule has 2 aromatic rings. The largest absolute Gasteiger partial charge is 0.492 e. The Balaban J connectivity index is 1.99. The number of benzene rings is 2. The maximum absolute atomic E-state index is 12.4. The average Bonchev–Trinajstić information content (AvgIpc) is 2.59. The first-order valence-electron chi connectivity index (χ1n) is 8.27. The summed E-state index contributed by atoms with van der Waals surface area (Å²) in [6, 6.07) is 12.0. The lowest BCUT2D eigenvalue weighted by molar-refractivity contribution is -0.385. The van der Waals surface area contributed by atoms with Crippen LogP contribution in [-0.4, -0.2) is 43.0 Å². The number of hydrogen-bond donors (Lipinski definition) is 1. The minimum absolute atomic E-state index is 0.0612. The molecule has 0 heterocycles. The van der Waals surface area contributed by atoms with E-state index in [2.05, 4.69) is 5.32 Å². The molecule has 2 rings (SSSR count). The van der Waals surface area contributed by atoms with E-state index in [-0.39, 0.29) is 11.6 Å². The number of nitrogens with zero attached hydrogens (tertiary/aromatic N) is 2. The highest BCUT2D eigenvalue weighted by Gasteiger charge is 2.17. The van der Waals surface area contributed by atoms with Crippen LogP contribution in [0.1, 0.15) is 21.5 Å². The van der Waals surface area contributed by atoms with Crippen molar-refractivity contribution in [2.24, 2.45) is 0 Å². The molecule has 0 radical (unpaired) electrons. The summed E-state index contributed by atoms with van der Waals surface area (Å²) in [4.78, 5) is 24.9. The Labute approximate surface area is 152 Å². The summed E-state index contributed by atoms with van der Waals surface area (Å²) in [5.74, 6) is 0.398. The van der Waals surface area contributed by atoms with Gasteiger partial charge in [0.05, 0.1) is 4.92 Å². The highest BCUT2D eigenvalue weighted by molar-refractivity contribution is 5.96. The fraction of sp³-hybridized carbons (Fsp3) is 0.316. The monoisotopic (exact) mass is 357 g/mol. The Morgan fingerprint density at radius 1 is 1.23 bits per heavy atom. The van der Waals surface area contributed by atoms with Crippen molar-refractivity contribution in [1.29, 1.82) is 0 Å². The molecule has 0 aromatic heterocycles. The first-order valence-corrected chi connectivity index (χ1v) is 8.27. The number of nitro groups is 1. The molecule has 26 heavy (non-hydrogen) atoms. The number of hydrogen-bond acceptors (Lipinski definition) is 5. The van der Waals surface area contributed by atoms with Crippen molar-refractivity contribution in [2.75, 3.05) is 27.2 Å². The molecule has 0 atom stereocenters. The van der Waals surface area contributed by atoms with Crippen LogP contribution in [0.2, 0.25) is 0 Å². The fourth-order valence-corrected chi connectivity index (χ4v) is 2.44. The van der Waals surface area contributed by atoms with E-state index < -0.39 is 4.92 Å². The average molecular weight is 357 g/mol. The summed E-state index contributed by atoms with van der Waals surface area (Å²) >= 11 is 0. The second-order valence-electron chi connectivity index (χ2n) is 6.19. The van der Waals surface area contributed by atoms with Crippen molar-refractivity contribution >= 4 is 11.6 Å². The van der Waals surface area contributed by atoms with Gasteiger partial charge in [-0.3, -0.25) is 14.9 Å². The van der Waals surface area contributed by atoms with E-state index in [1.807, 2.05) is 43.3 Å². The van der Waals surface area contributed by atoms with E-state index in [1.54, 1.807) is 13.0 Å². The van der Waals surface area contributed by atoms with Gasteiger partial charge in [0, 0.05) is 30.3 Å². The maximum Gasteiger partial charge on any atom is 0.273 e. The van der Waals surface area contributed by atoms with Gasteiger partial charge in [-0.05, 0) is 44.8 Å². The lowest BCUT2D eigenvalue weighted by Crippen LogP contribution is -2.24. The third-order valence-electron chi connectivity index (χ3n) is 3.91. The highest BCUT2D eigenvalue weighted by atomic mass is 16.6. The van der Waals surface area contributed by atoms with Crippen LogP contribution < -0.4 is 10.1 Å². The van der Waals surface area contributed by atoms with Gasteiger partial charge in [-0.25, -0.2) is 0 Å². The number of nitro benzene ring substituents is 1. The Kier molecular flexibility index (Phi) is 6.68. The number of carbonyl (C=O) groups is 1. The Bertz CT molecular complexity index is 790. The Morgan fingerprint density at radius 3 is 2.65 bits per heavy atom. The van der Waals surface area contributed by atoms with Gasteiger partial charge < -0.3 is 15.0 Å². The molecular weight excluding hydrogens is 334 g/mol. The summed E-state index contributed by atoms with van der Waals surface area (Å²) in [6.45, 7) is 3.28. The molecule has 0 bridgehead atoms. The van der Waals surface area contributed by atoms with E-state index in [4.69, 9.17) is 4.74 Å². The fourth-order valence-electron chi connectivity index (χ4n) is 2.44. The van der Waals surface area contributed by atoms with Gasteiger partial charge in [0.2, 0.25) is 0 Å². The van der Waals surface area contributed by atoms with Gasteiger partial charge in [-0.2, -0.15) is 0 Å². The first kappa shape index (κ1) is 19.4.